The molecule has 1 aromatic rings. The Kier molecular flexibility index (Phi) is 5.91. The van der Waals surface area contributed by atoms with Gasteiger partial charge in [-0.05, 0) is 42.7 Å². The summed E-state index contributed by atoms with van der Waals surface area (Å²) >= 11 is 0. The van der Waals surface area contributed by atoms with Gasteiger partial charge in [0.25, 0.3) is 0 Å². The van der Waals surface area contributed by atoms with Crippen LogP contribution in [0.5, 0.6) is 0 Å². The minimum absolute atomic E-state index is 0.557. The second kappa shape index (κ2) is 7.20. The molecule has 0 aliphatic heterocycles. The highest BCUT2D eigenvalue weighted by Crippen LogP contribution is 2.25. The first kappa shape index (κ1) is 14.8. The number of rotatable bonds is 7. The monoisotopic (exact) mass is 242 g/mol. The van der Waals surface area contributed by atoms with E-state index < -0.39 is 0 Å². The van der Waals surface area contributed by atoms with Crippen LogP contribution in [0.1, 0.15) is 44.2 Å². The molecule has 0 heteroatoms. The van der Waals surface area contributed by atoms with Crippen LogP contribution in [0.2, 0.25) is 0 Å². The first-order chi connectivity index (χ1) is 8.52. The number of aryl methyl sites for hydroxylation is 1. The van der Waals surface area contributed by atoms with Crippen molar-refractivity contribution in [3.8, 4) is 0 Å². The van der Waals surface area contributed by atoms with Gasteiger partial charge in [-0.15, -0.1) is 6.58 Å². The zero-order chi connectivity index (χ0) is 13.5. The topological polar surface area (TPSA) is 0 Å². The predicted molar refractivity (Wildman–Crippen MR) is 82.6 cm³/mol. The number of allylic oxidation sites excluding steroid dienone is 2. The van der Waals surface area contributed by atoms with Crippen LogP contribution in [-0.4, -0.2) is 0 Å². The molecular weight excluding hydrogens is 216 g/mol. The first-order valence-electron chi connectivity index (χ1n) is 6.90. The molecule has 0 nitrogen and oxygen atoms in total. The van der Waals surface area contributed by atoms with Gasteiger partial charge in [-0.1, -0.05) is 62.8 Å². The van der Waals surface area contributed by atoms with Crippen LogP contribution in [0.15, 0.2) is 43.5 Å². The highest BCUT2D eigenvalue weighted by molar-refractivity contribution is 5.63. The van der Waals surface area contributed by atoms with E-state index in [0.717, 1.165) is 12.3 Å². The van der Waals surface area contributed by atoms with Crippen molar-refractivity contribution in [2.24, 2.45) is 11.8 Å². The lowest BCUT2D eigenvalue weighted by molar-refractivity contribution is 0.487. The Balaban J connectivity index is 2.56. The first-order valence-corrected chi connectivity index (χ1v) is 6.90. The number of benzene rings is 1. The van der Waals surface area contributed by atoms with Crippen molar-refractivity contribution in [3.63, 3.8) is 0 Å². The fraction of sp³-hybridized carbons (Fsp3) is 0.444. The molecule has 0 saturated carbocycles. The molecule has 1 unspecified atom stereocenters. The molecule has 0 bridgehead atoms. The smallest absolute Gasteiger partial charge is 0.0196 e. The molecule has 0 aliphatic rings. The van der Waals surface area contributed by atoms with Crippen molar-refractivity contribution in [3.05, 3.63) is 54.6 Å². The average molecular weight is 242 g/mol. The van der Waals surface area contributed by atoms with Crippen LogP contribution in [0.25, 0.3) is 5.57 Å². The zero-order valence-corrected chi connectivity index (χ0v) is 12.1. The molecule has 0 aliphatic carbocycles. The summed E-state index contributed by atoms with van der Waals surface area (Å²) in [5, 5.41) is 0. The maximum absolute atomic E-state index is 4.22. The van der Waals surface area contributed by atoms with Crippen molar-refractivity contribution in [2.45, 2.75) is 40.0 Å². The standard InChI is InChI=1S/C18H26/c1-6-17(10-7-14(2)3)13-16(5)18-11-8-15(4)9-12-18/h6,8-9,11-12,14,17H,1,5,7,10,13H2,2-4H3. The SMILES string of the molecule is C=CC(CCC(C)C)CC(=C)c1ccc(C)cc1. The molecule has 1 aromatic carbocycles. The van der Waals surface area contributed by atoms with Crippen LogP contribution in [0.3, 0.4) is 0 Å². The molecule has 0 radical (unpaired) electrons. The lowest BCUT2D eigenvalue weighted by atomic mass is 9.90. The molecule has 0 fully saturated rings. The molecule has 0 N–H and O–H groups in total. The quantitative estimate of drug-likeness (QED) is 0.543. The van der Waals surface area contributed by atoms with E-state index in [-0.39, 0.29) is 0 Å². The van der Waals surface area contributed by atoms with Gasteiger partial charge in [0.15, 0.2) is 0 Å². The van der Waals surface area contributed by atoms with Gasteiger partial charge in [0, 0.05) is 0 Å². The Morgan fingerprint density at radius 2 is 1.78 bits per heavy atom. The van der Waals surface area contributed by atoms with E-state index in [1.54, 1.807) is 0 Å². The molecule has 0 saturated heterocycles. The lowest BCUT2D eigenvalue weighted by Gasteiger charge is -2.16. The molecule has 1 rings (SSSR count). The van der Waals surface area contributed by atoms with E-state index in [2.05, 4.69) is 64.3 Å². The van der Waals surface area contributed by atoms with Crippen molar-refractivity contribution < 1.29 is 0 Å². The summed E-state index contributed by atoms with van der Waals surface area (Å²) in [5.41, 5.74) is 3.78. The highest BCUT2D eigenvalue weighted by Gasteiger charge is 2.09. The summed E-state index contributed by atoms with van der Waals surface area (Å²) in [6.45, 7) is 14.8. The number of hydrogen-bond acceptors (Lipinski definition) is 0. The van der Waals surface area contributed by atoms with E-state index in [9.17, 15) is 0 Å². The molecule has 98 valence electrons. The fourth-order valence-electron chi connectivity index (χ4n) is 2.07. The van der Waals surface area contributed by atoms with Crippen molar-refractivity contribution in [1.29, 1.82) is 0 Å². The summed E-state index contributed by atoms with van der Waals surface area (Å²) in [4.78, 5) is 0. The number of hydrogen-bond donors (Lipinski definition) is 0. The van der Waals surface area contributed by atoms with Gasteiger partial charge in [-0.3, -0.25) is 0 Å². The third-order valence-electron chi connectivity index (χ3n) is 3.42. The summed E-state index contributed by atoms with van der Waals surface area (Å²) in [6.07, 6.45) is 5.59. The van der Waals surface area contributed by atoms with Gasteiger partial charge in [0.2, 0.25) is 0 Å². The zero-order valence-electron chi connectivity index (χ0n) is 12.1. The molecule has 1 atom stereocenters. The minimum atomic E-state index is 0.557. The van der Waals surface area contributed by atoms with Gasteiger partial charge in [0.1, 0.15) is 0 Å². The second-order valence-corrected chi connectivity index (χ2v) is 5.64. The van der Waals surface area contributed by atoms with E-state index in [1.165, 1.54) is 29.5 Å². The molecular formula is C18H26. The third kappa shape index (κ3) is 4.91. The Bertz CT molecular complexity index is 381. The van der Waals surface area contributed by atoms with Gasteiger partial charge in [-0.25, -0.2) is 0 Å². The normalized spacial score (nSPS) is 12.4. The molecule has 0 aromatic heterocycles. The summed E-state index contributed by atoms with van der Waals surface area (Å²) in [7, 11) is 0. The van der Waals surface area contributed by atoms with Gasteiger partial charge < -0.3 is 0 Å². The average Bonchev–Trinajstić information content (AvgIpc) is 2.34. The van der Waals surface area contributed by atoms with E-state index in [4.69, 9.17) is 0 Å². The van der Waals surface area contributed by atoms with Crippen molar-refractivity contribution in [2.75, 3.05) is 0 Å². The lowest BCUT2D eigenvalue weighted by Crippen LogP contribution is -2.00. The Labute approximate surface area is 112 Å². The maximum Gasteiger partial charge on any atom is -0.0196 e. The van der Waals surface area contributed by atoms with Crippen LogP contribution < -0.4 is 0 Å². The highest BCUT2D eigenvalue weighted by atomic mass is 14.1. The molecule has 0 amide bonds. The van der Waals surface area contributed by atoms with Crippen LogP contribution >= 0.6 is 0 Å². The molecule has 0 heterocycles. The van der Waals surface area contributed by atoms with Crippen LogP contribution in [-0.2, 0) is 0 Å². The van der Waals surface area contributed by atoms with Crippen LogP contribution in [0, 0.1) is 18.8 Å². The van der Waals surface area contributed by atoms with E-state index in [1.807, 2.05) is 0 Å². The van der Waals surface area contributed by atoms with Crippen LogP contribution in [0.4, 0.5) is 0 Å². The molecule has 18 heavy (non-hydrogen) atoms. The summed E-state index contributed by atoms with van der Waals surface area (Å²) < 4.78 is 0. The second-order valence-electron chi connectivity index (χ2n) is 5.64. The minimum Gasteiger partial charge on any atom is -0.103 e. The Morgan fingerprint density at radius 1 is 1.17 bits per heavy atom. The van der Waals surface area contributed by atoms with Crippen molar-refractivity contribution >= 4 is 5.57 Å². The van der Waals surface area contributed by atoms with Gasteiger partial charge in [-0.2, -0.15) is 0 Å². The molecule has 0 spiro atoms. The van der Waals surface area contributed by atoms with E-state index in [0.29, 0.717) is 5.92 Å². The van der Waals surface area contributed by atoms with E-state index >= 15 is 0 Å². The largest absolute Gasteiger partial charge is 0.103 e. The Hall–Kier alpha value is -1.30. The van der Waals surface area contributed by atoms with Gasteiger partial charge >= 0.3 is 0 Å². The summed E-state index contributed by atoms with van der Waals surface area (Å²) in [5.74, 6) is 1.32. The third-order valence-corrected chi connectivity index (χ3v) is 3.42. The van der Waals surface area contributed by atoms with Crippen molar-refractivity contribution in [1.82, 2.24) is 0 Å². The predicted octanol–water partition coefficient (Wildman–Crippen LogP) is 5.64. The fourth-order valence-corrected chi connectivity index (χ4v) is 2.07. The Morgan fingerprint density at radius 3 is 2.28 bits per heavy atom. The van der Waals surface area contributed by atoms with Gasteiger partial charge in [0.05, 0.1) is 0 Å². The maximum atomic E-state index is 4.22. The summed E-state index contributed by atoms with van der Waals surface area (Å²) in [6, 6.07) is 8.63.